The van der Waals surface area contributed by atoms with Crippen molar-refractivity contribution in [1.82, 2.24) is 4.48 Å². The summed E-state index contributed by atoms with van der Waals surface area (Å²) in [5.74, 6) is 0. The Labute approximate surface area is 244 Å². The smallest absolute Gasteiger partial charge is 0.133 e. The summed E-state index contributed by atoms with van der Waals surface area (Å²) in [5, 5.41) is 0. The summed E-state index contributed by atoms with van der Waals surface area (Å²) >= 11 is 0. The van der Waals surface area contributed by atoms with Crippen molar-refractivity contribution >= 4 is 15.8 Å². The predicted molar refractivity (Wildman–Crippen MR) is 170 cm³/mol. The summed E-state index contributed by atoms with van der Waals surface area (Å²) in [5.41, 5.74) is 3.82. The highest BCUT2D eigenvalue weighted by Crippen LogP contribution is 2.36. The van der Waals surface area contributed by atoms with E-state index in [1.54, 1.807) is 12.1 Å². The fourth-order valence-corrected chi connectivity index (χ4v) is 5.40. The fourth-order valence-electron chi connectivity index (χ4n) is 4.93. The molecule has 0 aliphatic carbocycles. The summed E-state index contributed by atoms with van der Waals surface area (Å²) in [6.07, 6.45) is 14.0. The first-order valence-electron chi connectivity index (χ1n) is 15.0. The average molecular weight is 566 g/mol. The molecule has 0 atom stereocenters. The summed E-state index contributed by atoms with van der Waals surface area (Å²) in [6, 6.07) is 27.7. The van der Waals surface area contributed by atoms with Crippen LogP contribution in [0.2, 0.25) is 0 Å². The van der Waals surface area contributed by atoms with Crippen molar-refractivity contribution < 1.29 is 13.0 Å². The number of hydrogen-bond donors (Lipinski definition) is 0. The molecule has 0 bridgehead atoms. The Morgan fingerprint density at radius 3 is 1.57 bits per heavy atom. The van der Waals surface area contributed by atoms with Crippen LogP contribution in [0.1, 0.15) is 96.1 Å². The lowest BCUT2D eigenvalue weighted by Crippen LogP contribution is -2.55. The molecule has 0 saturated carbocycles. The molecule has 0 heterocycles. The second-order valence-electron chi connectivity index (χ2n) is 11.7. The van der Waals surface area contributed by atoms with Crippen LogP contribution < -0.4 is 4.48 Å². The first-order valence-corrected chi connectivity index (χ1v) is 16.4. The Morgan fingerprint density at radius 1 is 0.650 bits per heavy atom. The molecule has 0 amide bonds. The second kappa shape index (κ2) is 16.7. The first-order chi connectivity index (χ1) is 19.0. The lowest BCUT2D eigenvalue weighted by molar-refractivity contribution is 0.198. The number of nitrogens with zero attached hydrogens (tertiary/aromatic N) is 1. The number of para-hydroxylation sites is 1. The molecule has 5 heteroatoms. The van der Waals surface area contributed by atoms with Gasteiger partial charge in [0.25, 0.3) is 0 Å². The molecule has 0 spiro atoms. The van der Waals surface area contributed by atoms with Crippen LogP contribution >= 0.6 is 0 Å². The van der Waals surface area contributed by atoms with E-state index in [1.807, 2.05) is 0 Å². The van der Waals surface area contributed by atoms with Crippen molar-refractivity contribution in [1.29, 1.82) is 0 Å². The molecule has 220 valence electrons. The third kappa shape index (κ3) is 10.8. The minimum atomic E-state index is -4.31. The van der Waals surface area contributed by atoms with Gasteiger partial charge in [0.2, 0.25) is 0 Å². The minimum absolute atomic E-state index is 0.0304. The highest BCUT2D eigenvalue weighted by molar-refractivity contribution is 7.85. The van der Waals surface area contributed by atoms with Gasteiger partial charge in [-0.1, -0.05) is 125 Å². The van der Waals surface area contributed by atoms with Crippen molar-refractivity contribution in [3.8, 4) is 0 Å². The molecule has 0 saturated heterocycles. The third-order valence-corrected chi connectivity index (χ3v) is 9.16. The molecule has 4 nitrogen and oxygen atoms in total. The van der Waals surface area contributed by atoms with E-state index in [-0.39, 0.29) is 10.4 Å². The fraction of sp³-hybridized carbons (Fsp3) is 0.486. The van der Waals surface area contributed by atoms with Crippen LogP contribution in [0, 0.1) is 0 Å². The van der Waals surface area contributed by atoms with Gasteiger partial charge in [-0.15, -0.1) is 0 Å². The van der Waals surface area contributed by atoms with Gasteiger partial charge >= 0.3 is 0 Å². The molecule has 0 aromatic heterocycles. The van der Waals surface area contributed by atoms with Crippen molar-refractivity contribution in [3.05, 3.63) is 96.1 Å². The van der Waals surface area contributed by atoms with Gasteiger partial charge in [0.1, 0.15) is 21.3 Å². The van der Waals surface area contributed by atoms with E-state index in [4.69, 9.17) is 0 Å². The standard InChI is InChI=1S/C18H30O3S.C17H22N/c1-2-3-4-5-6-7-8-9-10-11-12-17-13-15-18(16-14-17)22(19,20)21;1-17(2,15-11-7-5-8-12-15)18(3,4)16-13-9-6-10-14-16/h13-16H,2-12H2,1H3,(H,19,20,21);5-14H,1-4H3/q;+1/p-1. The molecule has 0 unspecified atom stereocenters. The van der Waals surface area contributed by atoms with Gasteiger partial charge in [-0.05, 0) is 56.5 Å². The van der Waals surface area contributed by atoms with Gasteiger partial charge in [0.15, 0.2) is 0 Å². The minimum Gasteiger partial charge on any atom is -0.744 e. The third-order valence-electron chi connectivity index (χ3n) is 8.31. The summed E-state index contributed by atoms with van der Waals surface area (Å²) < 4.78 is 33.3. The topological polar surface area (TPSA) is 57.2 Å². The monoisotopic (exact) mass is 565 g/mol. The molecule has 0 aliphatic heterocycles. The maximum Gasteiger partial charge on any atom is 0.133 e. The quantitative estimate of drug-likeness (QED) is 0.105. The lowest BCUT2D eigenvalue weighted by atomic mass is 9.89. The molecular formula is C35H51NO3S. The number of hydrogen-bond acceptors (Lipinski definition) is 3. The summed E-state index contributed by atoms with van der Waals surface area (Å²) in [7, 11) is 0.219. The van der Waals surface area contributed by atoms with E-state index in [1.165, 1.54) is 81.2 Å². The van der Waals surface area contributed by atoms with E-state index in [9.17, 15) is 13.0 Å². The maximum absolute atomic E-state index is 10.8. The highest BCUT2D eigenvalue weighted by Gasteiger charge is 2.39. The van der Waals surface area contributed by atoms with Crippen LogP contribution in [0.25, 0.3) is 0 Å². The number of benzene rings is 3. The van der Waals surface area contributed by atoms with Gasteiger partial charge in [-0.3, -0.25) is 4.48 Å². The zero-order chi connectivity index (χ0) is 29.5. The van der Waals surface area contributed by atoms with Gasteiger partial charge in [-0.25, -0.2) is 8.42 Å². The van der Waals surface area contributed by atoms with E-state index in [2.05, 4.69) is 95.5 Å². The van der Waals surface area contributed by atoms with E-state index in [0.29, 0.717) is 0 Å². The van der Waals surface area contributed by atoms with Crippen molar-refractivity contribution in [2.45, 2.75) is 102 Å². The molecule has 3 aromatic rings. The molecule has 3 aromatic carbocycles. The number of aryl methyl sites for hydroxylation is 1. The van der Waals surface area contributed by atoms with Crippen LogP contribution in [-0.2, 0) is 22.1 Å². The summed E-state index contributed by atoms with van der Waals surface area (Å²) in [6.45, 7) is 6.85. The first kappa shape index (κ1) is 33.7. The van der Waals surface area contributed by atoms with Gasteiger partial charge in [-0.2, -0.15) is 0 Å². The Morgan fingerprint density at radius 2 is 1.10 bits per heavy atom. The molecule has 3 rings (SSSR count). The van der Waals surface area contributed by atoms with Crippen LogP contribution in [0.5, 0.6) is 0 Å². The maximum atomic E-state index is 10.8. The Kier molecular flexibility index (Phi) is 14.1. The van der Waals surface area contributed by atoms with Crippen LogP contribution in [0.4, 0.5) is 5.69 Å². The van der Waals surface area contributed by atoms with E-state index in [0.717, 1.165) is 22.9 Å². The van der Waals surface area contributed by atoms with Crippen molar-refractivity contribution in [2.24, 2.45) is 0 Å². The zero-order valence-electron chi connectivity index (χ0n) is 25.4. The normalized spacial score (nSPS) is 12.1. The molecule has 0 aliphatic rings. The van der Waals surface area contributed by atoms with Crippen LogP contribution in [0.15, 0.2) is 89.8 Å². The second-order valence-corrected chi connectivity index (χ2v) is 13.1. The molecule has 0 fully saturated rings. The molecule has 0 radical (unpaired) electrons. The van der Waals surface area contributed by atoms with Gasteiger partial charge in [0.05, 0.1) is 19.0 Å². The van der Waals surface area contributed by atoms with Crippen molar-refractivity contribution in [2.75, 3.05) is 14.1 Å². The SMILES string of the molecule is CC(C)(c1ccccc1)[N+](C)(C)c1ccccc1.CCCCCCCCCCCCc1ccc(S(=O)(=O)[O-])cc1. The van der Waals surface area contributed by atoms with Crippen LogP contribution in [-0.4, -0.2) is 27.1 Å². The predicted octanol–water partition coefficient (Wildman–Crippen LogP) is 9.24. The summed E-state index contributed by atoms with van der Waals surface area (Å²) in [4.78, 5) is -0.140. The molecular weight excluding hydrogens is 514 g/mol. The van der Waals surface area contributed by atoms with E-state index >= 15 is 0 Å². The van der Waals surface area contributed by atoms with Gasteiger partial charge in [0, 0.05) is 5.56 Å². The Hall–Kier alpha value is -2.47. The average Bonchev–Trinajstić information content (AvgIpc) is 2.95. The molecule has 40 heavy (non-hydrogen) atoms. The zero-order valence-corrected chi connectivity index (χ0v) is 26.3. The number of rotatable bonds is 15. The Balaban J connectivity index is 0.000000285. The molecule has 0 N–H and O–H groups in total. The van der Waals surface area contributed by atoms with Crippen LogP contribution in [0.3, 0.4) is 0 Å². The largest absolute Gasteiger partial charge is 0.744 e. The lowest BCUT2D eigenvalue weighted by Gasteiger charge is -2.44. The van der Waals surface area contributed by atoms with Gasteiger partial charge < -0.3 is 4.55 Å². The number of unbranched alkanes of at least 4 members (excludes halogenated alkanes) is 9. The van der Waals surface area contributed by atoms with E-state index < -0.39 is 10.1 Å². The number of quaternary nitrogens is 1. The van der Waals surface area contributed by atoms with Crippen molar-refractivity contribution in [3.63, 3.8) is 0 Å². The Bertz CT molecular complexity index is 1140. The highest BCUT2D eigenvalue weighted by atomic mass is 32.2.